The molecule has 3 heterocycles. The van der Waals surface area contributed by atoms with E-state index in [0.717, 1.165) is 6.07 Å². The molecule has 1 aromatic carbocycles. The SMILES string of the molecule is COc1cncc(NC(=O)c2cn3c4c(c(F)c(F)cc4c2=O)OC[C@@H]3C)c1. The van der Waals surface area contributed by atoms with E-state index < -0.39 is 23.0 Å². The Balaban J connectivity index is 1.86. The first-order valence-electron chi connectivity index (χ1n) is 8.40. The smallest absolute Gasteiger partial charge is 0.261 e. The van der Waals surface area contributed by atoms with Gasteiger partial charge < -0.3 is 19.4 Å². The van der Waals surface area contributed by atoms with Gasteiger partial charge in [0.25, 0.3) is 5.91 Å². The van der Waals surface area contributed by atoms with Crippen LogP contribution in [-0.4, -0.2) is 29.2 Å². The second-order valence-corrected chi connectivity index (χ2v) is 6.40. The molecule has 0 radical (unpaired) electrons. The molecule has 1 amide bonds. The first kappa shape index (κ1) is 17.9. The van der Waals surface area contributed by atoms with E-state index in [1.165, 1.54) is 31.8 Å². The molecule has 1 aliphatic rings. The largest absolute Gasteiger partial charge is 0.495 e. The van der Waals surface area contributed by atoms with Gasteiger partial charge >= 0.3 is 0 Å². The number of rotatable bonds is 3. The molecule has 1 N–H and O–H groups in total. The number of nitrogens with zero attached hydrogens (tertiary/aromatic N) is 2. The van der Waals surface area contributed by atoms with Crippen molar-refractivity contribution < 1.29 is 23.0 Å². The third-order valence-corrected chi connectivity index (χ3v) is 4.56. The van der Waals surface area contributed by atoms with Crippen molar-refractivity contribution >= 4 is 22.5 Å². The minimum atomic E-state index is -1.21. The fourth-order valence-electron chi connectivity index (χ4n) is 3.15. The van der Waals surface area contributed by atoms with Gasteiger partial charge in [0.1, 0.15) is 17.9 Å². The number of methoxy groups -OCH3 is 1. The highest BCUT2D eigenvalue weighted by molar-refractivity contribution is 6.06. The molecule has 3 aromatic rings. The Labute approximate surface area is 157 Å². The van der Waals surface area contributed by atoms with Crippen LogP contribution in [0.4, 0.5) is 14.5 Å². The van der Waals surface area contributed by atoms with Crippen LogP contribution >= 0.6 is 0 Å². The Morgan fingerprint density at radius 1 is 1.36 bits per heavy atom. The van der Waals surface area contributed by atoms with Crippen LogP contribution < -0.4 is 20.2 Å². The number of hydrogen-bond donors (Lipinski definition) is 1. The maximum absolute atomic E-state index is 14.1. The highest BCUT2D eigenvalue weighted by Gasteiger charge is 2.28. The summed E-state index contributed by atoms with van der Waals surface area (Å²) in [5, 5.41) is 2.44. The molecule has 0 fully saturated rings. The van der Waals surface area contributed by atoms with E-state index >= 15 is 0 Å². The zero-order chi connectivity index (χ0) is 20.0. The molecule has 9 heteroatoms. The van der Waals surface area contributed by atoms with E-state index in [1.54, 1.807) is 11.5 Å². The number of nitrogens with one attached hydrogen (secondary N) is 1. The summed E-state index contributed by atoms with van der Waals surface area (Å²) in [6.45, 7) is 1.86. The number of amides is 1. The van der Waals surface area contributed by atoms with E-state index in [-0.39, 0.29) is 34.9 Å². The van der Waals surface area contributed by atoms with E-state index in [2.05, 4.69) is 10.3 Å². The number of carbonyl (C=O) groups excluding carboxylic acids is 1. The lowest BCUT2D eigenvalue weighted by Gasteiger charge is -2.27. The third kappa shape index (κ3) is 2.75. The molecule has 4 rings (SSSR count). The number of ether oxygens (including phenoxy) is 2. The molecule has 7 nitrogen and oxygen atoms in total. The van der Waals surface area contributed by atoms with Crippen LogP contribution in [-0.2, 0) is 0 Å². The molecular formula is C19H15F2N3O4. The minimum Gasteiger partial charge on any atom is -0.495 e. The Kier molecular flexibility index (Phi) is 4.21. The first-order valence-corrected chi connectivity index (χ1v) is 8.40. The van der Waals surface area contributed by atoms with Gasteiger partial charge in [0.2, 0.25) is 11.2 Å². The van der Waals surface area contributed by atoms with Gasteiger partial charge in [0.05, 0.1) is 42.1 Å². The minimum absolute atomic E-state index is 0.0756. The van der Waals surface area contributed by atoms with Gasteiger partial charge in [-0.25, -0.2) is 4.39 Å². The fraction of sp³-hybridized carbons (Fsp3) is 0.211. The summed E-state index contributed by atoms with van der Waals surface area (Å²) < 4.78 is 40.0. The normalized spacial score (nSPS) is 15.2. The predicted molar refractivity (Wildman–Crippen MR) is 97.1 cm³/mol. The van der Waals surface area contributed by atoms with Gasteiger partial charge in [-0.2, -0.15) is 4.39 Å². The van der Waals surface area contributed by atoms with E-state index in [4.69, 9.17) is 9.47 Å². The monoisotopic (exact) mass is 387 g/mol. The molecule has 0 saturated heterocycles. The van der Waals surface area contributed by atoms with Gasteiger partial charge in [0.15, 0.2) is 11.6 Å². The fourth-order valence-corrected chi connectivity index (χ4v) is 3.15. The van der Waals surface area contributed by atoms with Gasteiger partial charge in [-0.3, -0.25) is 14.6 Å². The van der Waals surface area contributed by atoms with E-state index in [1.807, 2.05) is 0 Å². The Hall–Kier alpha value is -3.49. The number of aromatic nitrogens is 2. The van der Waals surface area contributed by atoms with Crippen molar-refractivity contribution in [1.29, 1.82) is 0 Å². The highest BCUT2D eigenvalue weighted by atomic mass is 19.2. The van der Waals surface area contributed by atoms with E-state index in [9.17, 15) is 18.4 Å². The number of benzene rings is 1. The van der Waals surface area contributed by atoms with Crippen LogP contribution in [0.1, 0.15) is 23.3 Å². The lowest BCUT2D eigenvalue weighted by atomic mass is 10.1. The van der Waals surface area contributed by atoms with Crippen molar-refractivity contribution in [3.8, 4) is 11.5 Å². The molecule has 0 bridgehead atoms. The molecular weight excluding hydrogens is 372 g/mol. The van der Waals surface area contributed by atoms with E-state index in [0.29, 0.717) is 11.4 Å². The van der Waals surface area contributed by atoms with Crippen LogP contribution in [0.15, 0.2) is 35.5 Å². The lowest BCUT2D eigenvalue weighted by Crippen LogP contribution is -2.29. The number of anilines is 1. The molecule has 144 valence electrons. The molecule has 0 unspecified atom stereocenters. The van der Waals surface area contributed by atoms with Crippen LogP contribution in [0.25, 0.3) is 10.9 Å². The summed E-state index contributed by atoms with van der Waals surface area (Å²) >= 11 is 0. The average Bonchev–Trinajstić information content (AvgIpc) is 2.69. The van der Waals surface area contributed by atoms with Crippen LogP contribution in [0.5, 0.6) is 11.5 Å². The Morgan fingerprint density at radius 3 is 2.89 bits per heavy atom. The molecule has 28 heavy (non-hydrogen) atoms. The highest BCUT2D eigenvalue weighted by Crippen LogP contribution is 2.35. The summed E-state index contributed by atoms with van der Waals surface area (Å²) in [5.41, 5.74) is -0.481. The molecule has 0 spiro atoms. The standard InChI is InChI=1S/C19H15F2N3O4/c1-9-8-28-18-15(21)14(20)4-12-16(18)24(9)7-13(17(12)25)19(26)23-10-3-11(27-2)6-22-5-10/h3-7,9H,8H2,1-2H3,(H,23,26)/t9-/m0/s1. The Morgan fingerprint density at radius 2 is 2.14 bits per heavy atom. The maximum atomic E-state index is 14.1. The van der Waals surface area contributed by atoms with Gasteiger partial charge in [0, 0.05) is 12.3 Å². The number of pyridine rings is 2. The van der Waals surface area contributed by atoms with Crippen molar-refractivity contribution in [2.75, 3.05) is 19.0 Å². The zero-order valence-corrected chi connectivity index (χ0v) is 15.0. The molecule has 0 saturated carbocycles. The van der Waals surface area contributed by atoms with Crippen LogP contribution in [0, 0.1) is 11.6 Å². The summed E-state index contributed by atoms with van der Waals surface area (Å²) in [6, 6.07) is 2.04. The number of halogens is 2. The third-order valence-electron chi connectivity index (χ3n) is 4.56. The summed E-state index contributed by atoms with van der Waals surface area (Å²) in [7, 11) is 1.46. The lowest BCUT2D eigenvalue weighted by molar-refractivity contribution is 0.102. The van der Waals surface area contributed by atoms with Gasteiger partial charge in [-0.15, -0.1) is 0 Å². The van der Waals surface area contributed by atoms with Crippen molar-refractivity contribution in [1.82, 2.24) is 9.55 Å². The van der Waals surface area contributed by atoms with Crippen LogP contribution in [0.2, 0.25) is 0 Å². The van der Waals surface area contributed by atoms with Crippen molar-refractivity contribution in [2.45, 2.75) is 13.0 Å². The second kappa shape index (κ2) is 6.59. The maximum Gasteiger partial charge on any atom is 0.261 e. The molecule has 1 aliphatic heterocycles. The first-order chi connectivity index (χ1) is 13.4. The molecule has 1 atom stereocenters. The number of hydrogen-bond acceptors (Lipinski definition) is 5. The summed E-state index contributed by atoms with van der Waals surface area (Å²) in [5.74, 6) is -2.97. The summed E-state index contributed by atoms with van der Waals surface area (Å²) in [4.78, 5) is 29.5. The quantitative estimate of drug-likeness (QED) is 0.747. The van der Waals surface area contributed by atoms with Gasteiger partial charge in [-0.05, 0) is 13.0 Å². The van der Waals surface area contributed by atoms with Crippen molar-refractivity contribution in [2.24, 2.45) is 0 Å². The second-order valence-electron chi connectivity index (χ2n) is 6.40. The average molecular weight is 387 g/mol. The predicted octanol–water partition coefficient (Wildman–Crippen LogP) is 2.89. The van der Waals surface area contributed by atoms with Crippen LogP contribution in [0.3, 0.4) is 0 Å². The Bertz CT molecular complexity index is 1180. The summed E-state index contributed by atoms with van der Waals surface area (Å²) in [6.07, 6.45) is 4.19. The number of carbonyl (C=O) groups is 1. The van der Waals surface area contributed by atoms with Crippen molar-refractivity contribution in [3.63, 3.8) is 0 Å². The zero-order valence-electron chi connectivity index (χ0n) is 15.0. The molecule has 2 aromatic heterocycles. The van der Waals surface area contributed by atoms with Crippen molar-refractivity contribution in [3.05, 3.63) is 58.1 Å². The van der Waals surface area contributed by atoms with Gasteiger partial charge in [-0.1, -0.05) is 0 Å². The molecule has 0 aliphatic carbocycles. The topological polar surface area (TPSA) is 82.5 Å².